The van der Waals surface area contributed by atoms with Gasteiger partial charge in [0.2, 0.25) is 0 Å². The van der Waals surface area contributed by atoms with Gasteiger partial charge in [-0.05, 0) is 27.6 Å². The van der Waals surface area contributed by atoms with Crippen molar-refractivity contribution < 1.29 is 9.21 Å². The van der Waals surface area contributed by atoms with E-state index in [4.69, 9.17) is 4.42 Å². The molecule has 0 aliphatic rings. The topological polar surface area (TPSA) is 30.2 Å². The molecule has 0 bridgehead atoms. The van der Waals surface area contributed by atoms with Gasteiger partial charge in [0.05, 0.1) is 11.8 Å². The van der Waals surface area contributed by atoms with E-state index in [1.807, 2.05) is 24.3 Å². The smallest absolute Gasteiger partial charge is 0.153 e. The maximum Gasteiger partial charge on any atom is 0.153 e. The molecule has 4 rings (SSSR count). The van der Waals surface area contributed by atoms with Gasteiger partial charge in [-0.2, -0.15) is 0 Å². The fourth-order valence-corrected chi connectivity index (χ4v) is 2.91. The van der Waals surface area contributed by atoms with Crippen LogP contribution in [0, 0.1) is 0 Å². The first-order valence-electron chi connectivity index (χ1n) is 6.81. The molecule has 0 fully saturated rings. The lowest BCUT2D eigenvalue weighted by atomic mass is 9.92. The Morgan fingerprint density at radius 2 is 1.43 bits per heavy atom. The monoisotopic (exact) mass is 272 g/mol. The molecule has 100 valence electrons. The van der Waals surface area contributed by atoms with Crippen molar-refractivity contribution in [1.82, 2.24) is 0 Å². The van der Waals surface area contributed by atoms with Gasteiger partial charge in [-0.1, -0.05) is 48.5 Å². The Kier molecular flexibility index (Phi) is 2.61. The van der Waals surface area contributed by atoms with Crippen LogP contribution in [0.5, 0.6) is 0 Å². The lowest BCUT2D eigenvalue weighted by Crippen LogP contribution is -1.87. The van der Waals surface area contributed by atoms with Crippen LogP contribution in [0.1, 0.15) is 10.4 Å². The van der Waals surface area contributed by atoms with E-state index in [-0.39, 0.29) is 0 Å². The standard InChI is InChI=1S/C19H12O2/c20-10-15-11-21-12-18(15)19-16-7-3-1-5-13(16)9-14-6-2-4-8-17(14)19/h1-12H. The molecule has 2 nitrogen and oxygen atoms in total. The Labute approximate surface area is 121 Å². The van der Waals surface area contributed by atoms with Crippen molar-refractivity contribution in [2.24, 2.45) is 0 Å². The average molecular weight is 272 g/mol. The SMILES string of the molecule is O=Cc1cocc1-c1c2ccccc2cc2ccccc12. The Hall–Kier alpha value is -2.87. The number of carbonyl (C=O) groups excluding carboxylic acids is 1. The molecule has 3 aromatic carbocycles. The summed E-state index contributed by atoms with van der Waals surface area (Å²) in [5.41, 5.74) is 2.48. The van der Waals surface area contributed by atoms with Crippen molar-refractivity contribution in [2.45, 2.75) is 0 Å². The number of benzene rings is 3. The van der Waals surface area contributed by atoms with E-state index in [0.29, 0.717) is 5.56 Å². The molecule has 0 N–H and O–H groups in total. The minimum atomic E-state index is 0.580. The van der Waals surface area contributed by atoms with E-state index in [2.05, 4.69) is 30.3 Å². The minimum Gasteiger partial charge on any atom is -0.471 e. The highest BCUT2D eigenvalue weighted by Crippen LogP contribution is 2.37. The van der Waals surface area contributed by atoms with E-state index in [1.54, 1.807) is 6.26 Å². The number of hydrogen-bond donors (Lipinski definition) is 0. The van der Waals surface area contributed by atoms with Crippen molar-refractivity contribution in [2.75, 3.05) is 0 Å². The highest BCUT2D eigenvalue weighted by molar-refractivity contribution is 6.14. The van der Waals surface area contributed by atoms with E-state index in [1.165, 1.54) is 6.26 Å². The Balaban J connectivity index is 2.24. The molecule has 0 saturated carbocycles. The maximum absolute atomic E-state index is 11.3. The molecule has 0 aliphatic heterocycles. The quantitative estimate of drug-likeness (QED) is 0.377. The first kappa shape index (κ1) is 11.9. The van der Waals surface area contributed by atoms with Gasteiger partial charge >= 0.3 is 0 Å². The van der Waals surface area contributed by atoms with Crippen LogP contribution in [0.25, 0.3) is 32.7 Å². The summed E-state index contributed by atoms with van der Waals surface area (Å²) in [6.45, 7) is 0. The zero-order valence-electron chi connectivity index (χ0n) is 11.2. The summed E-state index contributed by atoms with van der Waals surface area (Å²) in [7, 11) is 0. The molecular formula is C19H12O2. The highest BCUT2D eigenvalue weighted by Gasteiger charge is 2.14. The molecule has 0 spiro atoms. The maximum atomic E-state index is 11.3. The Morgan fingerprint density at radius 3 is 2.05 bits per heavy atom. The lowest BCUT2D eigenvalue weighted by Gasteiger charge is -2.10. The van der Waals surface area contributed by atoms with Gasteiger partial charge in [0, 0.05) is 11.1 Å². The predicted molar refractivity (Wildman–Crippen MR) is 84.5 cm³/mol. The van der Waals surface area contributed by atoms with E-state index < -0.39 is 0 Å². The van der Waals surface area contributed by atoms with Gasteiger partial charge in [-0.15, -0.1) is 0 Å². The second-order valence-corrected chi connectivity index (χ2v) is 5.05. The van der Waals surface area contributed by atoms with Crippen molar-refractivity contribution in [1.29, 1.82) is 0 Å². The molecule has 0 unspecified atom stereocenters. The van der Waals surface area contributed by atoms with E-state index in [0.717, 1.165) is 39.0 Å². The van der Waals surface area contributed by atoms with Gasteiger partial charge in [0.15, 0.2) is 6.29 Å². The van der Waals surface area contributed by atoms with Gasteiger partial charge in [0.25, 0.3) is 0 Å². The molecule has 0 radical (unpaired) electrons. The zero-order chi connectivity index (χ0) is 14.2. The number of furan rings is 1. The summed E-state index contributed by atoms with van der Waals surface area (Å²) >= 11 is 0. The third kappa shape index (κ3) is 1.77. The summed E-state index contributed by atoms with van der Waals surface area (Å²) in [6.07, 6.45) is 3.99. The van der Waals surface area contributed by atoms with Crippen LogP contribution in [0.15, 0.2) is 71.5 Å². The molecule has 0 amide bonds. The number of aldehydes is 1. The third-order valence-corrected chi connectivity index (χ3v) is 3.86. The number of carbonyl (C=O) groups is 1. The number of fused-ring (bicyclic) bond motifs is 2. The summed E-state index contributed by atoms with van der Waals surface area (Å²) in [6, 6.07) is 18.6. The van der Waals surface area contributed by atoms with Crippen LogP contribution in [-0.4, -0.2) is 6.29 Å². The van der Waals surface area contributed by atoms with Gasteiger partial charge in [-0.3, -0.25) is 4.79 Å². The van der Waals surface area contributed by atoms with Crippen LogP contribution in [0.2, 0.25) is 0 Å². The van der Waals surface area contributed by atoms with Crippen molar-refractivity contribution in [3.63, 3.8) is 0 Å². The van der Waals surface area contributed by atoms with E-state index in [9.17, 15) is 4.79 Å². The van der Waals surface area contributed by atoms with Crippen LogP contribution in [-0.2, 0) is 0 Å². The molecule has 1 aromatic heterocycles. The molecule has 0 aliphatic carbocycles. The average Bonchev–Trinajstić information content (AvgIpc) is 3.00. The summed E-state index contributed by atoms with van der Waals surface area (Å²) in [5.74, 6) is 0. The van der Waals surface area contributed by atoms with Gasteiger partial charge < -0.3 is 4.42 Å². The molecule has 21 heavy (non-hydrogen) atoms. The highest BCUT2D eigenvalue weighted by atomic mass is 16.3. The summed E-state index contributed by atoms with van der Waals surface area (Å²) < 4.78 is 5.26. The first-order valence-corrected chi connectivity index (χ1v) is 6.81. The molecule has 4 aromatic rings. The third-order valence-electron chi connectivity index (χ3n) is 3.86. The first-order chi connectivity index (χ1) is 10.4. The van der Waals surface area contributed by atoms with E-state index >= 15 is 0 Å². The summed E-state index contributed by atoms with van der Waals surface area (Å²) in [5, 5.41) is 4.56. The van der Waals surface area contributed by atoms with Crippen LogP contribution >= 0.6 is 0 Å². The number of hydrogen-bond acceptors (Lipinski definition) is 2. The Bertz CT molecular complexity index is 910. The molecular weight excluding hydrogens is 260 g/mol. The largest absolute Gasteiger partial charge is 0.471 e. The molecule has 2 heteroatoms. The van der Waals surface area contributed by atoms with Gasteiger partial charge in [0.1, 0.15) is 6.26 Å². The minimum absolute atomic E-state index is 0.580. The molecule has 0 atom stereocenters. The van der Waals surface area contributed by atoms with Crippen LogP contribution in [0.3, 0.4) is 0 Å². The predicted octanol–water partition coefficient (Wildman–Crippen LogP) is 5.07. The fraction of sp³-hybridized carbons (Fsp3) is 0. The normalized spacial score (nSPS) is 11.0. The van der Waals surface area contributed by atoms with Crippen molar-refractivity contribution in [3.8, 4) is 11.1 Å². The molecule has 1 heterocycles. The zero-order valence-corrected chi connectivity index (χ0v) is 11.2. The number of rotatable bonds is 2. The lowest BCUT2D eigenvalue weighted by molar-refractivity contribution is 0.112. The Morgan fingerprint density at radius 1 is 0.810 bits per heavy atom. The van der Waals surface area contributed by atoms with Crippen LogP contribution in [0.4, 0.5) is 0 Å². The van der Waals surface area contributed by atoms with Crippen LogP contribution < -0.4 is 0 Å². The van der Waals surface area contributed by atoms with Gasteiger partial charge in [-0.25, -0.2) is 0 Å². The second kappa shape index (κ2) is 4.60. The summed E-state index contributed by atoms with van der Waals surface area (Å²) in [4.78, 5) is 11.3. The second-order valence-electron chi connectivity index (χ2n) is 5.05. The van der Waals surface area contributed by atoms with Crippen molar-refractivity contribution >= 4 is 27.8 Å². The van der Waals surface area contributed by atoms with Crippen molar-refractivity contribution in [3.05, 3.63) is 72.7 Å². The molecule has 0 saturated heterocycles. The fourth-order valence-electron chi connectivity index (χ4n) is 2.91.